The van der Waals surface area contributed by atoms with E-state index in [-0.39, 0.29) is 32.6 Å². The second kappa shape index (κ2) is 12.1. The average molecular weight is 446 g/mol. The van der Waals surface area contributed by atoms with Crippen LogP contribution in [0.4, 0.5) is 5.69 Å². The van der Waals surface area contributed by atoms with Crippen molar-refractivity contribution in [1.29, 1.82) is 0 Å². The van der Waals surface area contributed by atoms with E-state index in [0.717, 1.165) is 0 Å². The van der Waals surface area contributed by atoms with E-state index in [1.807, 2.05) is 0 Å². The number of esters is 2. The lowest BCUT2D eigenvalue weighted by molar-refractivity contribution is -0.146. The number of ether oxygens (including phenoxy) is 2. The van der Waals surface area contributed by atoms with Crippen LogP contribution in [0, 0.1) is 0 Å². The SMILES string of the molecule is CCOC(=O)CC[C@@H](NC(=O)c1ccc(NCc2c[nH]c(=O)[nH]c2=O)cc1)C(=O)OCC. The van der Waals surface area contributed by atoms with E-state index in [1.165, 1.54) is 6.20 Å². The predicted molar refractivity (Wildman–Crippen MR) is 115 cm³/mol. The molecule has 0 saturated carbocycles. The minimum Gasteiger partial charge on any atom is -0.466 e. The molecule has 4 N–H and O–H groups in total. The van der Waals surface area contributed by atoms with E-state index >= 15 is 0 Å². The number of anilines is 1. The maximum absolute atomic E-state index is 12.6. The lowest BCUT2D eigenvalue weighted by Gasteiger charge is -2.17. The highest BCUT2D eigenvalue weighted by Gasteiger charge is 2.24. The molecule has 1 amide bonds. The quantitative estimate of drug-likeness (QED) is 0.367. The third kappa shape index (κ3) is 7.42. The molecule has 1 aromatic heterocycles. The summed E-state index contributed by atoms with van der Waals surface area (Å²) >= 11 is 0. The van der Waals surface area contributed by atoms with Crippen molar-refractivity contribution in [2.75, 3.05) is 18.5 Å². The van der Waals surface area contributed by atoms with Gasteiger partial charge in [-0.15, -0.1) is 0 Å². The molecule has 0 unspecified atom stereocenters. The van der Waals surface area contributed by atoms with E-state index in [2.05, 4.69) is 20.6 Å². The molecule has 11 heteroatoms. The second-order valence-corrected chi connectivity index (χ2v) is 6.65. The number of benzene rings is 1. The van der Waals surface area contributed by atoms with Gasteiger partial charge in [-0.3, -0.25) is 19.4 Å². The van der Waals surface area contributed by atoms with Crippen LogP contribution in [0.3, 0.4) is 0 Å². The van der Waals surface area contributed by atoms with E-state index < -0.39 is 35.1 Å². The highest BCUT2D eigenvalue weighted by atomic mass is 16.5. The van der Waals surface area contributed by atoms with Crippen molar-refractivity contribution in [3.8, 4) is 0 Å². The number of aromatic nitrogens is 2. The fourth-order valence-electron chi connectivity index (χ4n) is 2.73. The van der Waals surface area contributed by atoms with E-state index in [1.54, 1.807) is 38.1 Å². The zero-order valence-electron chi connectivity index (χ0n) is 17.9. The summed E-state index contributed by atoms with van der Waals surface area (Å²) < 4.78 is 9.83. The van der Waals surface area contributed by atoms with Crippen molar-refractivity contribution in [1.82, 2.24) is 15.3 Å². The summed E-state index contributed by atoms with van der Waals surface area (Å²) in [7, 11) is 0. The lowest BCUT2D eigenvalue weighted by Crippen LogP contribution is -2.42. The topological polar surface area (TPSA) is 159 Å². The number of aromatic amines is 2. The van der Waals surface area contributed by atoms with Crippen molar-refractivity contribution >= 4 is 23.5 Å². The molecule has 2 rings (SSSR count). The number of H-pyrrole nitrogens is 2. The van der Waals surface area contributed by atoms with Crippen LogP contribution in [0.2, 0.25) is 0 Å². The fourth-order valence-corrected chi connectivity index (χ4v) is 2.73. The van der Waals surface area contributed by atoms with Crippen LogP contribution < -0.4 is 21.9 Å². The second-order valence-electron chi connectivity index (χ2n) is 6.65. The first-order chi connectivity index (χ1) is 15.3. The predicted octanol–water partition coefficient (Wildman–Crippen LogP) is 0.680. The number of rotatable bonds is 11. The summed E-state index contributed by atoms with van der Waals surface area (Å²) in [4.78, 5) is 63.6. The van der Waals surface area contributed by atoms with Crippen LogP contribution in [0.25, 0.3) is 0 Å². The molecule has 32 heavy (non-hydrogen) atoms. The lowest BCUT2D eigenvalue weighted by atomic mass is 10.1. The normalized spacial score (nSPS) is 11.3. The molecule has 0 radical (unpaired) electrons. The Bertz CT molecular complexity index is 1040. The monoisotopic (exact) mass is 446 g/mol. The van der Waals surface area contributed by atoms with E-state index in [4.69, 9.17) is 9.47 Å². The number of hydrogen-bond acceptors (Lipinski definition) is 8. The van der Waals surface area contributed by atoms with Gasteiger partial charge in [-0.1, -0.05) is 0 Å². The molecule has 1 aromatic carbocycles. The summed E-state index contributed by atoms with van der Waals surface area (Å²) in [5.41, 5.74) is 0.187. The first kappa shape index (κ1) is 24.4. The Labute approximate surface area is 183 Å². The Hall–Kier alpha value is -3.89. The molecule has 0 saturated heterocycles. The van der Waals surface area contributed by atoms with Gasteiger partial charge in [0.2, 0.25) is 0 Å². The van der Waals surface area contributed by atoms with Gasteiger partial charge in [-0.05, 0) is 44.5 Å². The van der Waals surface area contributed by atoms with Crippen molar-refractivity contribution < 1.29 is 23.9 Å². The third-order valence-electron chi connectivity index (χ3n) is 4.35. The van der Waals surface area contributed by atoms with Gasteiger partial charge in [0.1, 0.15) is 6.04 Å². The molecule has 172 valence electrons. The Morgan fingerprint density at radius 2 is 1.72 bits per heavy atom. The number of nitrogens with one attached hydrogen (secondary N) is 4. The van der Waals surface area contributed by atoms with Crippen LogP contribution in [-0.2, 0) is 25.6 Å². The molecule has 2 aromatic rings. The maximum atomic E-state index is 12.6. The number of carbonyl (C=O) groups excluding carboxylic acids is 3. The molecule has 0 aliphatic carbocycles. The van der Waals surface area contributed by atoms with Crippen LogP contribution in [0.15, 0.2) is 40.1 Å². The Kier molecular flexibility index (Phi) is 9.21. The number of carbonyl (C=O) groups is 3. The van der Waals surface area contributed by atoms with Crippen molar-refractivity contribution in [2.24, 2.45) is 0 Å². The molecule has 0 spiro atoms. The first-order valence-electron chi connectivity index (χ1n) is 10.1. The Balaban J connectivity index is 1.98. The smallest absolute Gasteiger partial charge is 0.328 e. The Morgan fingerprint density at radius 1 is 1.03 bits per heavy atom. The molecule has 0 fully saturated rings. The molecule has 0 bridgehead atoms. The first-order valence-corrected chi connectivity index (χ1v) is 10.1. The zero-order chi connectivity index (χ0) is 23.5. The van der Waals surface area contributed by atoms with Crippen LogP contribution >= 0.6 is 0 Å². The summed E-state index contributed by atoms with van der Waals surface area (Å²) in [5, 5.41) is 5.59. The molecule has 11 nitrogen and oxygen atoms in total. The van der Waals surface area contributed by atoms with Crippen LogP contribution in [0.1, 0.15) is 42.6 Å². The van der Waals surface area contributed by atoms with Gasteiger partial charge < -0.3 is 25.1 Å². The largest absolute Gasteiger partial charge is 0.466 e. The summed E-state index contributed by atoms with van der Waals surface area (Å²) in [5.74, 6) is -1.60. The summed E-state index contributed by atoms with van der Waals surface area (Å²) in [6.07, 6.45) is 1.34. The molecule has 0 aliphatic heterocycles. The molecule has 1 heterocycles. The van der Waals surface area contributed by atoms with Crippen molar-refractivity contribution in [3.05, 3.63) is 62.4 Å². The molecular weight excluding hydrogens is 420 g/mol. The van der Waals surface area contributed by atoms with Gasteiger partial charge in [-0.2, -0.15) is 0 Å². The van der Waals surface area contributed by atoms with Gasteiger partial charge in [0.25, 0.3) is 11.5 Å². The highest BCUT2D eigenvalue weighted by molar-refractivity contribution is 5.97. The zero-order valence-corrected chi connectivity index (χ0v) is 17.9. The van der Waals surface area contributed by atoms with E-state index in [0.29, 0.717) is 16.8 Å². The average Bonchev–Trinajstić information content (AvgIpc) is 2.76. The Morgan fingerprint density at radius 3 is 2.34 bits per heavy atom. The van der Waals surface area contributed by atoms with Gasteiger partial charge >= 0.3 is 17.6 Å². The minimum absolute atomic E-state index is 0.0374. The number of hydrogen-bond donors (Lipinski definition) is 4. The van der Waals surface area contributed by atoms with Crippen molar-refractivity contribution in [2.45, 2.75) is 39.3 Å². The van der Waals surface area contributed by atoms with Gasteiger partial charge in [0, 0.05) is 30.4 Å². The van der Waals surface area contributed by atoms with E-state index in [9.17, 15) is 24.0 Å². The summed E-state index contributed by atoms with van der Waals surface area (Å²) in [6.45, 7) is 3.86. The highest BCUT2D eigenvalue weighted by Crippen LogP contribution is 2.11. The van der Waals surface area contributed by atoms with Gasteiger partial charge in [0.15, 0.2) is 0 Å². The van der Waals surface area contributed by atoms with Gasteiger partial charge in [0.05, 0.1) is 18.8 Å². The molecular formula is C21H26N4O7. The standard InChI is InChI=1S/C21H26N4O7/c1-3-31-17(26)10-9-16(20(29)32-4-2)24-18(27)13-5-7-15(8-6-13)22-11-14-12-23-21(30)25-19(14)28/h5-8,12,16,22H,3-4,9-11H2,1-2H3,(H,24,27)(H2,23,25,28,30)/t16-/m1/s1. The molecule has 0 aliphatic rings. The maximum Gasteiger partial charge on any atom is 0.328 e. The fraction of sp³-hybridized carbons (Fsp3) is 0.381. The third-order valence-corrected chi connectivity index (χ3v) is 4.35. The van der Waals surface area contributed by atoms with Crippen LogP contribution in [-0.4, -0.2) is 47.1 Å². The number of amides is 1. The molecule has 1 atom stereocenters. The van der Waals surface area contributed by atoms with Gasteiger partial charge in [-0.25, -0.2) is 9.59 Å². The van der Waals surface area contributed by atoms with Crippen LogP contribution in [0.5, 0.6) is 0 Å². The van der Waals surface area contributed by atoms with Crippen molar-refractivity contribution in [3.63, 3.8) is 0 Å². The minimum atomic E-state index is -0.989. The summed E-state index contributed by atoms with van der Waals surface area (Å²) in [6, 6.07) is 5.36.